The molecule has 0 aliphatic heterocycles. The first-order chi connectivity index (χ1) is 10.2. The van der Waals surface area contributed by atoms with Gasteiger partial charge in [-0.1, -0.05) is 6.07 Å². The van der Waals surface area contributed by atoms with Crippen molar-refractivity contribution < 1.29 is 9.84 Å². The van der Waals surface area contributed by atoms with Crippen LogP contribution in [0.5, 0.6) is 0 Å². The van der Waals surface area contributed by atoms with Gasteiger partial charge in [-0.2, -0.15) is 5.10 Å². The van der Waals surface area contributed by atoms with Crippen molar-refractivity contribution in [2.24, 2.45) is 0 Å². The molecule has 1 unspecified atom stereocenters. The summed E-state index contributed by atoms with van der Waals surface area (Å²) in [7, 11) is 1.64. The Morgan fingerprint density at radius 3 is 3.05 bits per heavy atom. The number of halogens is 1. The van der Waals surface area contributed by atoms with Crippen LogP contribution < -0.4 is 0 Å². The lowest BCUT2D eigenvalue weighted by Gasteiger charge is -2.12. The molecule has 1 N–H and O–H groups in total. The number of aromatic nitrogens is 4. The number of ether oxygens (including phenoxy) is 1. The van der Waals surface area contributed by atoms with Crippen LogP contribution in [0.25, 0.3) is 5.65 Å². The van der Waals surface area contributed by atoms with Gasteiger partial charge in [0.05, 0.1) is 35.2 Å². The molecule has 0 aliphatic carbocycles. The van der Waals surface area contributed by atoms with Gasteiger partial charge in [0.25, 0.3) is 0 Å². The van der Waals surface area contributed by atoms with Crippen LogP contribution in [-0.4, -0.2) is 38.0 Å². The molecule has 3 rings (SSSR count). The van der Waals surface area contributed by atoms with Gasteiger partial charge in [-0.05, 0) is 28.1 Å². The van der Waals surface area contributed by atoms with Gasteiger partial charge >= 0.3 is 0 Å². The zero-order valence-corrected chi connectivity index (χ0v) is 13.1. The smallest absolute Gasteiger partial charge is 0.140 e. The van der Waals surface area contributed by atoms with E-state index >= 15 is 0 Å². The third-order valence-electron chi connectivity index (χ3n) is 3.26. The van der Waals surface area contributed by atoms with Gasteiger partial charge in [0, 0.05) is 19.5 Å². The Kier molecular flexibility index (Phi) is 4.05. The Hall–Kier alpha value is -1.70. The monoisotopic (exact) mass is 350 g/mol. The molecule has 0 amide bonds. The van der Waals surface area contributed by atoms with Crippen LogP contribution in [0, 0.1) is 0 Å². The summed E-state index contributed by atoms with van der Waals surface area (Å²) in [5, 5.41) is 14.9. The molecule has 0 aliphatic rings. The van der Waals surface area contributed by atoms with Gasteiger partial charge in [0.2, 0.25) is 0 Å². The summed E-state index contributed by atoms with van der Waals surface area (Å²) in [6.45, 7) is 1.10. The minimum absolute atomic E-state index is 0.527. The topological polar surface area (TPSA) is 64.6 Å². The number of methoxy groups -OCH3 is 1. The average molecular weight is 351 g/mol. The molecule has 110 valence electrons. The van der Waals surface area contributed by atoms with Crippen molar-refractivity contribution in [1.29, 1.82) is 0 Å². The Labute approximate surface area is 130 Å². The fourth-order valence-electron chi connectivity index (χ4n) is 2.23. The second-order valence-corrected chi connectivity index (χ2v) is 5.48. The SMILES string of the molecule is COCCn1ncc(Br)c1C(O)c1cn2ccccc2n1. The highest BCUT2D eigenvalue weighted by molar-refractivity contribution is 9.10. The van der Waals surface area contributed by atoms with Crippen LogP contribution in [0.1, 0.15) is 17.5 Å². The number of pyridine rings is 1. The number of hydrogen-bond acceptors (Lipinski definition) is 4. The number of aliphatic hydroxyl groups excluding tert-OH is 1. The van der Waals surface area contributed by atoms with Crippen molar-refractivity contribution in [3.63, 3.8) is 0 Å². The molecule has 0 fully saturated rings. The lowest BCUT2D eigenvalue weighted by molar-refractivity contribution is 0.170. The van der Waals surface area contributed by atoms with Gasteiger partial charge in [0.15, 0.2) is 0 Å². The highest BCUT2D eigenvalue weighted by Gasteiger charge is 2.22. The molecule has 0 saturated carbocycles. The number of hydrogen-bond donors (Lipinski definition) is 1. The van der Waals surface area contributed by atoms with Crippen LogP contribution >= 0.6 is 15.9 Å². The predicted octanol–water partition coefficient (Wildman–Crippen LogP) is 2.02. The average Bonchev–Trinajstić information content (AvgIpc) is 3.08. The fraction of sp³-hybridized carbons (Fsp3) is 0.286. The predicted molar refractivity (Wildman–Crippen MR) is 81.1 cm³/mol. The molecule has 6 nitrogen and oxygen atoms in total. The Morgan fingerprint density at radius 1 is 1.43 bits per heavy atom. The molecule has 0 radical (unpaired) electrons. The summed E-state index contributed by atoms with van der Waals surface area (Å²) in [5.41, 5.74) is 2.06. The molecule has 0 saturated heterocycles. The zero-order valence-electron chi connectivity index (χ0n) is 11.5. The number of imidazole rings is 1. The van der Waals surface area contributed by atoms with Gasteiger partial charge in [0.1, 0.15) is 11.8 Å². The Balaban J connectivity index is 1.97. The maximum absolute atomic E-state index is 10.6. The van der Waals surface area contributed by atoms with E-state index < -0.39 is 6.10 Å². The van der Waals surface area contributed by atoms with E-state index in [2.05, 4.69) is 26.0 Å². The first kappa shape index (κ1) is 14.2. The van der Waals surface area contributed by atoms with Gasteiger partial charge in [-0.15, -0.1) is 0 Å². The molecule has 7 heteroatoms. The van der Waals surface area contributed by atoms with E-state index in [1.807, 2.05) is 35.0 Å². The van der Waals surface area contributed by atoms with Gasteiger partial charge in [-0.25, -0.2) is 4.98 Å². The number of rotatable bonds is 5. The van der Waals surface area contributed by atoms with E-state index in [4.69, 9.17) is 4.74 Å². The van der Waals surface area contributed by atoms with Crippen molar-refractivity contribution in [2.75, 3.05) is 13.7 Å². The van der Waals surface area contributed by atoms with Crippen LogP contribution in [-0.2, 0) is 11.3 Å². The van der Waals surface area contributed by atoms with E-state index in [0.717, 1.165) is 10.1 Å². The normalized spacial score (nSPS) is 12.9. The van der Waals surface area contributed by atoms with Crippen LogP contribution in [0.2, 0.25) is 0 Å². The molecule has 3 aromatic rings. The second kappa shape index (κ2) is 5.97. The highest BCUT2D eigenvalue weighted by Crippen LogP contribution is 2.28. The lowest BCUT2D eigenvalue weighted by atomic mass is 10.2. The molecule has 3 heterocycles. The third-order valence-corrected chi connectivity index (χ3v) is 3.87. The Morgan fingerprint density at radius 2 is 2.29 bits per heavy atom. The minimum atomic E-state index is -0.848. The largest absolute Gasteiger partial charge is 0.383 e. The lowest BCUT2D eigenvalue weighted by Crippen LogP contribution is -2.13. The van der Waals surface area contributed by atoms with Gasteiger partial charge < -0.3 is 14.2 Å². The van der Waals surface area contributed by atoms with Crippen LogP contribution in [0.3, 0.4) is 0 Å². The molecule has 0 spiro atoms. The molecule has 21 heavy (non-hydrogen) atoms. The molecule has 0 bridgehead atoms. The van der Waals surface area contributed by atoms with E-state index in [9.17, 15) is 5.11 Å². The summed E-state index contributed by atoms with van der Waals surface area (Å²) < 4.78 is 9.42. The zero-order chi connectivity index (χ0) is 14.8. The van der Waals surface area contributed by atoms with Crippen molar-refractivity contribution in [1.82, 2.24) is 19.2 Å². The third kappa shape index (κ3) is 2.72. The first-order valence-corrected chi connectivity index (χ1v) is 7.32. The quantitative estimate of drug-likeness (QED) is 0.764. The minimum Gasteiger partial charge on any atom is -0.383 e. The van der Waals surface area contributed by atoms with Crippen LogP contribution in [0.15, 0.2) is 41.3 Å². The van der Waals surface area contributed by atoms with Gasteiger partial charge in [-0.3, -0.25) is 4.68 Å². The number of aliphatic hydroxyl groups is 1. The van der Waals surface area contributed by atoms with Crippen molar-refractivity contribution in [3.05, 3.63) is 52.7 Å². The maximum atomic E-state index is 10.6. The molecular weight excluding hydrogens is 336 g/mol. The fourth-order valence-corrected chi connectivity index (χ4v) is 2.74. The molecule has 0 aromatic carbocycles. The molecular formula is C14H15BrN4O2. The van der Waals surface area contributed by atoms with Crippen molar-refractivity contribution >= 4 is 21.6 Å². The first-order valence-electron chi connectivity index (χ1n) is 6.52. The second-order valence-electron chi connectivity index (χ2n) is 4.63. The number of fused-ring (bicyclic) bond motifs is 1. The summed E-state index contributed by atoms with van der Waals surface area (Å²) in [5.74, 6) is 0. The van der Waals surface area contributed by atoms with E-state index in [1.54, 1.807) is 18.0 Å². The van der Waals surface area contributed by atoms with E-state index in [1.165, 1.54) is 0 Å². The maximum Gasteiger partial charge on any atom is 0.140 e. The summed E-state index contributed by atoms with van der Waals surface area (Å²) >= 11 is 3.43. The Bertz CT molecular complexity index is 719. The van der Waals surface area contributed by atoms with Crippen molar-refractivity contribution in [2.45, 2.75) is 12.6 Å². The highest BCUT2D eigenvalue weighted by atomic mass is 79.9. The van der Waals surface area contributed by atoms with E-state index in [0.29, 0.717) is 24.5 Å². The molecule has 1 atom stereocenters. The standard InChI is InChI=1S/C14H15BrN4O2/c1-21-7-6-19-13(10(15)8-16-19)14(20)11-9-18-5-3-2-4-12(18)17-11/h2-5,8-9,14,20H,6-7H2,1H3. The van der Waals surface area contributed by atoms with Crippen LogP contribution in [0.4, 0.5) is 0 Å². The van der Waals surface area contributed by atoms with E-state index in [-0.39, 0.29) is 0 Å². The summed E-state index contributed by atoms with van der Waals surface area (Å²) in [6.07, 6.45) is 4.54. The number of nitrogens with zero attached hydrogens (tertiary/aromatic N) is 4. The summed E-state index contributed by atoms with van der Waals surface area (Å²) in [6, 6.07) is 5.73. The van der Waals surface area contributed by atoms with Crippen molar-refractivity contribution in [3.8, 4) is 0 Å². The summed E-state index contributed by atoms with van der Waals surface area (Å²) in [4.78, 5) is 4.45. The molecule has 3 aromatic heterocycles.